The molecule has 0 spiro atoms. The van der Waals surface area contributed by atoms with Gasteiger partial charge in [-0.2, -0.15) is 0 Å². The summed E-state index contributed by atoms with van der Waals surface area (Å²) < 4.78 is 0.911. The molecule has 0 saturated carbocycles. The van der Waals surface area contributed by atoms with Crippen molar-refractivity contribution in [2.45, 2.75) is 12.8 Å². The van der Waals surface area contributed by atoms with E-state index in [2.05, 4.69) is 38.4 Å². The average molecular weight is 279 g/mol. The van der Waals surface area contributed by atoms with Gasteiger partial charge in [-0.1, -0.05) is 12.1 Å². The SMILES string of the molecule is Brc1ccc(C2=C[C@@H]3CNCC[C@@H]3C2)cn1. The third-order valence-electron chi connectivity index (χ3n) is 3.67. The van der Waals surface area contributed by atoms with Gasteiger partial charge >= 0.3 is 0 Å². The van der Waals surface area contributed by atoms with Gasteiger partial charge in [0.2, 0.25) is 0 Å². The van der Waals surface area contributed by atoms with Gasteiger partial charge in [0.1, 0.15) is 4.60 Å². The zero-order valence-electron chi connectivity index (χ0n) is 9.12. The summed E-state index contributed by atoms with van der Waals surface area (Å²) in [5.41, 5.74) is 2.77. The molecule has 3 heteroatoms. The van der Waals surface area contributed by atoms with Gasteiger partial charge in [0.05, 0.1) is 0 Å². The second-order valence-corrected chi connectivity index (χ2v) is 5.49. The Morgan fingerprint density at radius 1 is 1.38 bits per heavy atom. The highest BCUT2D eigenvalue weighted by molar-refractivity contribution is 9.10. The van der Waals surface area contributed by atoms with E-state index in [1.54, 1.807) is 0 Å². The molecule has 2 atom stereocenters. The molecule has 3 rings (SSSR count). The molecular weight excluding hydrogens is 264 g/mol. The average Bonchev–Trinajstić information content (AvgIpc) is 2.73. The summed E-state index contributed by atoms with van der Waals surface area (Å²) in [5.74, 6) is 1.60. The standard InChI is InChI=1S/C13H15BrN2/c14-13-2-1-10(8-16-13)11-5-9-3-4-15-7-12(9)6-11/h1-2,6,8-9,12,15H,3-5,7H2/t9-,12-/m1/s1. The molecule has 0 amide bonds. The number of rotatable bonds is 1. The van der Waals surface area contributed by atoms with E-state index in [9.17, 15) is 0 Å². The summed E-state index contributed by atoms with van der Waals surface area (Å²) >= 11 is 3.37. The Balaban J connectivity index is 1.83. The summed E-state index contributed by atoms with van der Waals surface area (Å²) in [7, 11) is 0. The molecular formula is C13H15BrN2. The Bertz CT molecular complexity index is 410. The molecule has 0 unspecified atom stereocenters. The largest absolute Gasteiger partial charge is 0.316 e. The van der Waals surface area contributed by atoms with E-state index in [1.807, 2.05) is 12.3 Å². The highest BCUT2D eigenvalue weighted by atomic mass is 79.9. The number of halogens is 1. The molecule has 0 bridgehead atoms. The molecule has 0 radical (unpaired) electrons. The van der Waals surface area contributed by atoms with Crippen molar-refractivity contribution in [3.63, 3.8) is 0 Å². The van der Waals surface area contributed by atoms with E-state index in [0.717, 1.165) is 23.0 Å². The molecule has 84 valence electrons. The van der Waals surface area contributed by atoms with E-state index in [1.165, 1.54) is 30.5 Å². The van der Waals surface area contributed by atoms with Crippen LogP contribution in [0.2, 0.25) is 0 Å². The van der Waals surface area contributed by atoms with Crippen LogP contribution in [0.1, 0.15) is 18.4 Å². The Labute approximate surface area is 104 Å². The van der Waals surface area contributed by atoms with Crippen molar-refractivity contribution in [2.24, 2.45) is 11.8 Å². The maximum atomic E-state index is 4.30. The number of allylic oxidation sites excluding steroid dienone is 1. The number of pyridine rings is 1. The third kappa shape index (κ3) is 1.94. The van der Waals surface area contributed by atoms with Gasteiger partial charge in [-0.15, -0.1) is 0 Å². The maximum absolute atomic E-state index is 4.30. The van der Waals surface area contributed by atoms with Gasteiger partial charge in [0.15, 0.2) is 0 Å². The summed E-state index contributed by atoms with van der Waals surface area (Å²) in [5, 5.41) is 3.47. The summed E-state index contributed by atoms with van der Waals surface area (Å²) in [6.45, 7) is 2.33. The lowest BCUT2D eigenvalue weighted by atomic mass is 9.89. The lowest BCUT2D eigenvalue weighted by Crippen LogP contribution is -2.33. The molecule has 1 aliphatic heterocycles. The van der Waals surface area contributed by atoms with Crippen LogP contribution in [-0.4, -0.2) is 18.1 Å². The lowest BCUT2D eigenvalue weighted by molar-refractivity contribution is 0.323. The van der Waals surface area contributed by atoms with E-state index in [-0.39, 0.29) is 0 Å². The second kappa shape index (κ2) is 4.30. The number of fused-ring (bicyclic) bond motifs is 1. The monoisotopic (exact) mass is 278 g/mol. The first kappa shape index (κ1) is 10.5. The first-order valence-corrected chi connectivity index (χ1v) is 6.65. The predicted molar refractivity (Wildman–Crippen MR) is 69.0 cm³/mol. The number of hydrogen-bond donors (Lipinski definition) is 1. The van der Waals surface area contributed by atoms with Crippen molar-refractivity contribution < 1.29 is 0 Å². The summed E-state index contributed by atoms with van der Waals surface area (Å²) in [6, 6.07) is 4.18. The van der Waals surface area contributed by atoms with Crippen molar-refractivity contribution in [3.05, 3.63) is 34.6 Å². The molecule has 2 heterocycles. The molecule has 1 saturated heterocycles. The fourth-order valence-corrected chi connectivity index (χ4v) is 3.01. The number of aromatic nitrogens is 1. The highest BCUT2D eigenvalue weighted by Crippen LogP contribution is 2.39. The fraction of sp³-hybridized carbons (Fsp3) is 0.462. The zero-order chi connectivity index (χ0) is 11.0. The van der Waals surface area contributed by atoms with Crippen LogP contribution in [0.5, 0.6) is 0 Å². The van der Waals surface area contributed by atoms with Crippen LogP contribution in [0.4, 0.5) is 0 Å². The third-order valence-corrected chi connectivity index (χ3v) is 4.14. The van der Waals surface area contributed by atoms with E-state index in [4.69, 9.17) is 0 Å². The van der Waals surface area contributed by atoms with Gasteiger partial charge in [0, 0.05) is 12.7 Å². The minimum atomic E-state index is 0.743. The minimum absolute atomic E-state index is 0.743. The maximum Gasteiger partial charge on any atom is 0.106 e. The van der Waals surface area contributed by atoms with Crippen molar-refractivity contribution in [1.29, 1.82) is 0 Å². The number of piperidine rings is 1. The van der Waals surface area contributed by atoms with Crippen LogP contribution >= 0.6 is 15.9 Å². The Morgan fingerprint density at radius 2 is 2.31 bits per heavy atom. The Hall–Kier alpha value is -0.670. The van der Waals surface area contributed by atoms with Crippen molar-refractivity contribution in [2.75, 3.05) is 13.1 Å². The van der Waals surface area contributed by atoms with Crippen molar-refractivity contribution in [3.8, 4) is 0 Å². The minimum Gasteiger partial charge on any atom is -0.316 e. The van der Waals surface area contributed by atoms with Crippen molar-refractivity contribution >= 4 is 21.5 Å². The van der Waals surface area contributed by atoms with Gasteiger partial charge in [0.25, 0.3) is 0 Å². The zero-order valence-corrected chi connectivity index (χ0v) is 10.7. The molecule has 16 heavy (non-hydrogen) atoms. The molecule has 0 aromatic carbocycles. The van der Waals surface area contributed by atoms with E-state index >= 15 is 0 Å². The van der Waals surface area contributed by atoms with Gasteiger partial charge < -0.3 is 5.32 Å². The number of nitrogens with zero attached hydrogens (tertiary/aromatic N) is 1. The molecule has 2 aliphatic rings. The van der Waals surface area contributed by atoms with Crippen LogP contribution in [0.3, 0.4) is 0 Å². The number of nitrogens with one attached hydrogen (secondary N) is 1. The predicted octanol–water partition coefficient (Wildman–Crippen LogP) is 2.86. The quantitative estimate of drug-likeness (QED) is 0.800. The summed E-state index contributed by atoms with van der Waals surface area (Å²) in [6.07, 6.45) is 6.96. The first-order chi connectivity index (χ1) is 7.83. The Morgan fingerprint density at radius 3 is 3.06 bits per heavy atom. The number of hydrogen-bond acceptors (Lipinski definition) is 2. The highest BCUT2D eigenvalue weighted by Gasteiger charge is 2.29. The molecule has 1 aliphatic carbocycles. The van der Waals surface area contributed by atoms with Crippen LogP contribution in [0.15, 0.2) is 29.0 Å². The Kier molecular flexibility index (Phi) is 2.82. The van der Waals surface area contributed by atoms with Crippen LogP contribution in [-0.2, 0) is 0 Å². The van der Waals surface area contributed by atoms with Crippen LogP contribution in [0.25, 0.3) is 5.57 Å². The normalized spacial score (nSPS) is 28.7. The molecule has 2 nitrogen and oxygen atoms in total. The van der Waals surface area contributed by atoms with E-state index < -0.39 is 0 Å². The van der Waals surface area contributed by atoms with Crippen LogP contribution < -0.4 is 5.32 Å². The van der Waals surface area contributed by atoms with Gasteiger partial charge in [-0.3, -0.25) is 0 Å². The molecule has 1 aromatic rings. The topological polar surface area (TPSA) is 24.9 Å². The first-order valence-electron chi connectivity index (χ1n) is 5.86. The lowest BCUT2D eigenvalue weighted by Gasteiger charge is -2.25. The fourth-order valence-electron chi connectivity index (χ4n) is 2.77. The molecule has 1 aromatic heterocycles. The van der Waals surface area contributed by atoms with E-state index in [0.29, 0.717) is 0 Å². The molecule has 1 fully saturated rings. The second-order valence-electron chi connectivity index (χ2n) is 4.68. The van der Waals surface area contributed by atoms with Crippen LogP contribution in [0, 0.1) is 11.8 Å². The molecule has 1 N–H and O–H groups in total. The van der Waals surface area contributed by atoms with Gasteiger partial charge in [-0.05, 0) is 64.4 Å². The van der Waals surface area contributed by atoms with Gasteiger partial charge in [-0.25, -0.2) is 4.98 Å². The smallest absolute Gasteiger partial charge is 0.106 e. The van der Waals surface area contributed by atoms with Crippen molar-refractivity contribution in [1.82, 2.24) is 10.3 Å². The summed E-state index contributed by atoms with van der Waals surface area (Å²) in [4.78, 5) is 4.30.